The third-order valence-corrected chi connectivity index (χ3v) is 4.80. The topological polar surface area (TPSA) is 17.3 Å². The summed E-state index contributed by atoms with van der Waals surface area (Å²) >= 11 is 4.64. The van der Waals surface area contributed by atoms with Crippen LogP contribution in [-0.2, 0) is 19.3 Å². The lowest BCUT2D eigenvalue weighted by molar-refractivity contribution is -0.946. The molecule has 1 aromatic carbocycles. The van der Waals surface area contributed by atoms with Gasteiger partial charge in [-0.05, 0) is 18.6 Å². The summed E-state index contributed by atoms with van der Waals surface area (Å²) in [5, 5.41) is 0. The van der Waals surface area contributed by atoms with E-state index in [1.54, 1.807) is 6.08 Å². The van der Waals surface area contributed by atoms with E-state index in [-0.39, 0.29) is 6.04 Å². The first-order valence-electron chi connectivity index (χ1n) is 9.18. The fraction of sp³-hybridized carbons (Fsp3) is 0.261. The Hall–Kier alpha value is -2.37. The van der Waals surface area contributed by atoms with Gasteiger partial charge in [-0.3, -0.25) is 4.98 Å². The number of nitrogens with zero attached hydrogens (tertiary/aromatic N) is 1. The fourth-order valence-electron chi connectivity index (χ4n) is 3.58. The van der Waals surface area contributed by atoms with Gasteiger partial charge in [-0.2, -0.15) is 13.2 Å². The quantitative estimate of drug-likeness (QED) is 0.513. The highest BCUT2D eigenvalue weighted by atomic mass is 35.5. The molecule has 2 aromatic rings. The Morgan fingerprint density at radius 1 is 1.17 bits per heavy atom. The molecular formula is C23H25ClF3N2+. The molecule has 2 unspecified atom stereocenters. The molecule has 0 amide bonds. The number of nitrogens with one attached hydrogen (secondary N) is 1. The number of pyridine rings is 1. The number of quaternary nitrogens is 1. The molecule has 3 rings (SSSR count). The molecule has 0 saturated carbocycles. The lowest BCUT2D eigenvalue weighted by atomic mass is 9.98. The van der Waals surface area contributed by atoms with Crippen LogP contribution in [0.1, 0.15) is 35.3 Å². The van der Waals surface area contributed by atoms with Gasteiger partial charge < -0.3 is 4.90 Å². The van der Waals surface area contributed by atoms with Crippen LogP contribution in [0.2, 0.25) is 0 Å². The minimum Gasteiger partial charge on any atom is -0.316 e. The van der Waals surface area contributed by atoms with E-state index in [0.29, 0.717) is 18.7 Å². The van der Waals surface area contributed by atoms with Gasteiger partial charge in [0.15, 0.2) is 0 Å². The van der Waals surface area contributed by atoms with E-state index in [9.17, 15) is 13.2 Å². The standard InChI is InChI=1S/C22H21F3N2.CH3Cl/c1-3-4-6-9-16(2)21(17-10-7-5-8-11-17)27-14-18-12-19(22(23,24)25)13-26-20(18)15-27;1-2/h3-13,21H,1,14-15H2,2H3;1H3/p+1/b6-4-,16-9+;. The summed E-state index contributed by atoms with van der Waals surface area (Å²) in [6.07, 6.45) is 5.58. The molecule has 0 radical (unpaired) electrons. The van der Waals surface area contributed by atoms with Gasteiger partial charge in [0.25, 0.3) is 0 Å². The van der Waals surface area contributed by atoms with Crippen LogP contribution in [0.15, 0.2) is 79.1 Å². The summed E-state index contributed by atoms with van der Waals surface area (Å²) < 4.78 is 39.0. The van der Waals surface area contributed by atoms with Crippen molar-refractivity contribution in [2.45, 2.75) is 32.2 Å². The molecular weight excluding hydrogens is 397 g/mol. The second-order valence-corrected chi connectivity index (χ2v) is 6.71. The van der Waals surface area contributed by atoms with E-state index in [0.717, 1.165) is 23.0 Å². The highest BCUT2D eigenvalue weighted by Gasteiger charge is 2.36. The van der Waals surface area contributed by atoms with Crippen LogP contribution in [-0.4, -0.2) is 11.4 Å². The van der Waals surface area contributed by atoms with Crippen LogP contribution in [0.5, 0.6) is 0 Å². The number of alkyl halides is 4. The molecule has 1 aliphatic heterocycles. The zero-order valence-electron chi connectivity index (χ0n) is 16.5. The molecule has 2 heterocycles. The van der Waals surface area contributed by atoms with Gasteiger partial charge in [-0.1, -0.05) is 61.2 Å². The van der Waals surface area contributed by atoms with Crippen molar-refractivity contribution >= 4 is 11.6 Å². The molecule has 1 aliphatic rings. The van der Waals surface area contributed by atoms with Crippen LogP contribution in [0, 0.1) is 0 Å². The summed E-state index contributed by atoms with van der Waals surface area (Å²) in [4.78, 5) is 5.27. The van der Waals surface area contributed by atoms with Gasteiger partial charge in [0, 0.05) is 23.7 Å². The van der Waals surface area contributed by atoms with Gasteiger partial charge in [0.05, 0.1) is 5.56 Å². The first-order chi connectivity index (χ1) is 13.9. The Bertz CT molecular complexity index is 873. The number of aromatic nitrogens is 1. The van der Waals surface area contributed by atoms with Gasteiger partial charge in [-0.15, -0.1) is 11.6 Å². The number of hydrogen-bond acceptors (Lipinski definition) is 1. The second kappa shape index (κ2) is 10.4. The minimum atomic E-state index is -4.37. The summed E-state index contributed by atoms with van der Waals surface area (Å²) in [6.45, 7) is 6.84. The second-order valence-electron chi connectivity index (χ2n) is 6.71. The smallest absolute Gasteiger partial charge is 0.316 e. The molecule has 6 heteroatoms. The highest BCUT2D eigenvalue weighted by molar-refractivity contribution is 6.15. The minimum absolute atomic E-state index is 0.0456. The zero-order valence-corrected chi connectivity index (χ0v) is 17.3. The summed E-state index contributed by atoms with van der Waals surface area (Å²) in [7, 11) is 0. The van der Waals surface area contributed by atoms with E-state index < -0.39 is 11.7 Å². The number of fused-ring (bicyclic) bond motifs is 1. The summed E-state index contributed by atoms with van der Waals surface area (Å²) in [5.41, 5.74) is 3.01. The van der Waals surface area contributed by atoms with Crippen molar-refractivity contribution in [3.8, 4) is 0 Å². The average molecular weight is 422 g/mol. The molecule has 0 saturated heterocycles. The maximum absolute atomic E-state index is 13.0. The largest absolute Gasteiger partial charge is 0.417 e. The maximum Gasteiger partial charge on any atom is 0.417 e. The van der Waals surface area contributed by atoms with Crippen molar-refractivity contribution in [2.24, 2.45) is 0 Å². The van der Waals surface area contributed by atoms with Crippen LogP contribution in [0.25, 0.3) is 0 Å². The first kappa shape index (κ1) is 22.9. The molecule has 0 aliphatic carbocycles. The number of hydrogen-bond donors (Lipinski definition) is 1. The van der Waals surface area contributed by atoms with Crippen molar-refractivity contribution in [2.75, 3.05) is 6.38 Å². The Labute approximate surface area is 175 Å². The molecule has 1 N–H and O–H groups in total. The van der Waals surface area contributed by atoms with Gasteiger partial charge >= 0.3 is 6.18 Å². The number of allylic oxidation sites excluding steroid dienone is 4. The molecule has 1 aromatic heterocycles. The normalized spacial score (nSPS) is 17.4. The highest BCUT2D eigenvalue weighted by Crippen LogP contribution is 2.30. The number of benzene rings is 1. The maximum atomic E-state index is 13.0. The Morgan fingerprint density at radius 2 is 1.86 bits per heavy atom. The molecule has 2 atom stereocenters. The lowest BCUT2D eigenvalue weighted by Crippen LogP contribution is -3.08. The van der Waals surface area contributed by atoms with Crippen LogP contribution >= 0.6 is 11.6 Å². The Balaban J connectivity index is 0.00000145. The van der Waals surface area contributed by atoms with E-state index in [2.05, 4.69) is 42.2 Å². The lowest BCUT2D eigenvalue weighted by Gasteiger charge is -2.25. The van der Waals surface area contributed by atoms with E-state index in [1.165, 1.54) is 17.3 Å². The monoisotopic (exact) mass is 421 g/mol. The van der Waals surface area contributed by atoms with E-state index in [1.807, 2.05) is 36.4 Å². The van der Waals surface area contributed by atoms with Crippen molar-refractivity contribution < 1.29 is 18.1 Å². The van der Waals surface area contributed by atoms with Gasteiger partial charge in [0.2, 0.25) is 0 Å². The van der Waals surface area contributed by atoms with Crippen molar-refractivity contribution in [3.63, 3.8) is 0 Å². The van der Waals surface area contributed by atoms with Crippen molar-refractivity contribution in [1.82, 2.24) is 4.98 Å². The third kappa shape index (κ3) is 5.81. The van der Waals surface area contributed by atoms with Crippen molar-refractivity contribution in [3.05, 3.63) is 101 Å². The SMILES string of the molecule is C=C/C=C\C=C(/C)C(c1ccccc1)[NH+]1Cc2cc(C(F)(F)F)cnc2C1.CCl. The van der Waals surface area contributed by atoms with E-state index >= 15 is 0 Å². The predicted octanol–water partition coefficient (Wildman–Crippen LogP) is 5.28. The predicted molar refractivity (Wildman–Crippen MR) is 112 cm³/mol. The average Bonchev–Trinajstić information content (AvgIpc) is 3.12. The molecule has 0 spiro atoms. The first-order valence-corrected chi connectivity index (χ1v) is 9.94. The van der Waals surface area contributed by atoms with Gasteiger partial charge in [-0.25, -0.2) is 0 Å². The molecule has 29 heavy (non-hydrogen) atoms. The summed E-state index contributed by atoms with van der Waals surface area (Å²) in [6, 6.07) is 11.3. The third-order valence-electron chi connectivity index (χ3n) is 4.80. The fourth-order valence-corrected chi connectivity index (χ4v) is 3.58. The van der Waals surface area contributed by atoms with Crippen molar-refractivity contribution in [1.29, 1.82) is 0 Å². The molecule has 0 bridgehead atoms. The Kier molecular flexibility index (Phi) is 8.23. The molecule has 2 nitrogen and oxygen atoms in total. The molecule has 0 fully saturated rings. The zero-order chi connectivity index (χ0) is 21.4. The van der Waals surface area contributed by atoms with Crippen LogP contribution < -0.4 is 4.90 Å². The number of halogens is 4. The van der Waals surface area contributed by atoms with E-state index in [4.69, 9.17) is 0 Å². The molecule has 154 valence electrons. The Morgan fingerprint density at radius 3 is 2.48 bits per heavy atom. The van der Waals surface area contributed by atoms with Gasteiger partial charge in [0.1, 0.15) is 24.8 Å². The number of rotatable bonds is 5. The van der Waals surface area contributed by atoms with Crippen LogP contribution in [0.3, 0.4) is 0 Å². The summed E-state index contributed by atoms with van der Waals surface area (Å²) in [5.74, 6) is 0. The van der Waals surface area contributed by atoms with Crippen LogP contribution in [0.4, 0.5) is 13.2 Å².